The molecular weight excluding hydrogens is 195 g/mol. The molecule has 0 unspecified atom stereocenters. The third-order valence-electron chi connectivity index (χ3n) is 2.09. The molecule has 76 valence electrons. The van der Waals surface area contributed by atoms with Gasteiger partial charge in [-0.25, -0.2) is 4.39 Å². The molecule has 0 spiro atoms. The van der Waals surface area contributed by atoms with Crippen molar-refractivity contribution in [3.8, 4) is 5.69 Å². The minimum atomic E-state index is -0.454. The highest BCUT2D eigenvalue weighted by Gasteiger charge is 2.05. The summed E-state index contributed by atoms with van der Waals surface area (Å²) in [6.45, 7) is 0. The van der Waals surface area contributed by atoms with E-state index < -0.39 is 11.4 Å². The number of nitrogens with zero attached hydrogens (tertiary/aromatic N) is 1. The second-order valence-corrected chi connectivity index (χ2v) is 3.09. The lowest BCUT2D eigenvalue weighted by molar-refractivity contribution is 0.616. The third kappa shape index (κ3) is 1.61. The molecule has 0 radical (unpaired) electrons. The third-order valence-corrected chi connectivity index (χ3v) is 2.09. The predicted molar refractivity (Wildman–Crippen MR) is 56.4 cm³/mol. The quantitative estimate of drug-likeness (QED) is 0.766. The van der Waals surface area contributed by atoms with Gasteiger partial charge in [-0.1, -0.05) is 12.1 Å². The van der Waals surface area contributed by atoms with Crippen LogP contribution in [-0.2, 0) is 0 Å². The van der Waals surface area contributed by atoms with Crippen LogP contribution in [0.4, 0.5) is 10.1 Å². The fraction of sp³-hybridized carbons (Fsp3) is 0. The zero-order chi connectivity index (χ0) is 10.8. The van der Waals surface area contributed by atoms with Gasteiger partial charge in [-0.15, -0.1) is 0 Å². The Hall–Kier alpha value is -2.10. The summed E-state index contributed by atoms with van der Waals surface area (Å²) in [6, 6.07) is 9.13. The van der Waals surface area contributed by atoms with Crippen molar-refractivity contribution in [1.29, 1.82) is 0 Å². The van der Waals surface area contributed by atoms with Gasteiger partial charge in [0.05, 0.1) is 11.4 Å². The lowest BCUT2D eigenvalue weighted by Crippen LogP contribution is -2.21. The van der Waals surface area contributed by atoms with Crippen LogP contribution in [0.3, 0.4) is 0 Å². The summed E-state index contributed by atoms with van der Waals surface area (Å²) in [5, 5.41) is 0. The Balaban J connectivity index is 2.70. The molecule has 2 aromatic rings. The van der Waals surface area contributed by atoms with Crippen LogP contribution >= 0.6 is 0 Å². The van der Waals surface area contributed by atoms with Crippen molar-refractivity contribution in [3.63, 3.8) is 0 Å². The van der Waals surface area contributed by atoms with E-state index in [9.17, 15) is 9.18 Å². The second kappa shape index (κ2) is 3.57. The molecule has 0 atom stereocenters. The maximum absolute atomic E-state index is 13.4. The summed E-state index contributed by atoms with van der Waals surface area (Å²) in [4.78, 5) is 11.6. The van der Waals surface area contributed by atoms with E-state index in [1.54, 1.807) is 18.2 Å². The van der Waals surface area contributed by atoms with Crippen LogP contribution in [0.15, 0.2) is 47.4 Å². The van der Waals surface area contributed by atoms with Crippen LogP contribution in [0.25, 0.3) is 5.69 Å². The Kier molecular flexibility index (Phi) is 2.25. The van der Waals surface area contributed by atoms with Crippen LogP contribution in [0, 0.1) is 5.82 Å². The first-order chi connectivity index (χ1) is 7.20. The van der Waals surface area contributed by atoms with Crippen molar-refractivity contribution in [1.82, 2.24) is 4.57 Å². The molecule has 15 heavy (non-hydrogen) atoms. The van der Waals surface area contributed by atoms with E-state index in [0.717, 1.165) is 0 Å². The summed E-state index contributed by atoms with van der Waals surface area (Å²) in [5.74, 6) is -0.454. The fourth-order valence-corrected chi connectivity index (χ4v) is 1.35. The predicted octanol–water partition coefficient (Wildman–Crippen LogP) is 1.56. The number of para-hydroxylation sites is 1. The van der Waals surface area contributed by atoms with Crippen LogP contribution < -0.4 is 11.3 Å². The zero-order valence-electron chi connectivity index (χ0n) is 7.85. The second-order valence-electron chi connectivity index (χ2n) is 3.09. The van der Waals surface area contributed by atoms with Gasteiger partial charge in [-0.2, -0.15) is 0 Å². The van der Waals surface area contributed by atoms with Gasteiger partial charge in [-0.3, -0.25) is 9.36 Å². The number of pyridine rings is 1. The smallest absolute Gasteiger partial charge is 0.278 e. The number of nitrogens with two attached hydrogens (primary N) is 1. The van der Waals surface area contributed by atoms with E-state index in [4.69, 9.17) is 5.73 Å². The van der Waals surface area contributed by atoms with Gasteiger partial charge in [-0.05, 0) is 24.3 Å². The lowest BCUT2D eigenvalue weighted by atomic mass is 10.3. The van der Waals surface area contributed by atoms with E-state index in [1.807, 2.05) is 0 Å². The van der Waals surface area contributed by atoms with E-state index >= 15 is 0 Å². The van der Waals surface area contributed by atoms with Gasteiger partial charge < -0.3 is 5.73 Å². The van der Waals surface area contributed by atoms with Crippen molar-refractivity contribution in [2.45, 2.75) is 0 Å². The van der Waals surface area contributed by atoms with E-state index in [1.165, 1.54) is 29.0 Å². The van der Waals surface area contributed by atoms with Gasteiger partial charge in [0.15, 0.2) is 0 Å². The van der Waals surface area contributed by atoms with Crippen LogP contribution in [0.5, 0.6) is 0 Å². The van der Waals surface area contributed by atoms with Crippen LogP contribution in [-0.4, -0.2) is 4.57 Å². The topological polar surface area (TPSA) is 48.0 Å². The molecule has 2 rings (SSSR count). The van der Waals surface area contributed by atoms with Gasteiger partial charge in [0.25, 0.3) is 5.56 Å². The SMILES string of the molecule is Nc1cccn(-c2ccccc2F)c1=O. The molecule has 0 saturated heterocycles. The average Bonchev–Trinajstić information content (AvgIpc) is 2.23. The molecule has 1 heterocycles. The molecule has 0 amide bonds. The fourth-order valence-electron chi connectivity index (χ4n) is 1.35. The molecule has 0 aliphatic carbocycles. The first-order valence-corrected chi connectivity index (χ1v) is 4.42. The highest BCUT2D eigenvalue weighted by atomic mass is 19.1. The highest BCUT2D eigenvalue weighted by molar-refractivity contribution is 5.40. The first kappa shape index (κ1) is 9.45. The monoisotopic (exact) mass is 204 g/mol. The maximum Gasteiger partial charge on any atom is 0.278 e. The van der Waals surface area contributed by atoms with Crippen LogP contribution in [0.2, 0.25) is 0 Å². The van der Waals surface area contributed by atoms with Gasteiger partial charge in [0.2, 0.25) is 0 Å². The summed E-state index contributed by atoms with van der Waals surface area (Å²) in [7, 11) is 0. The minimum Gasteiger partial charge on any atom is -0.394 e. The number of benzene rings is 1. The van der Waals surface area contributed by atoms with Crippen molar-refractivity contribution >= 4 is 5.69 Å². The summed E-state index contributed by atoms with van der Waals surface area (Å²) in [6.07, 6.45) is 1.48. The summed E-state index contributed by atoms with van der Waals surface area (Å²) in [5.41, 5.74) is 5.34. The van der Waals surface area contributed by atoms with Crippen molar-refractivity contribution in [3.05, 3.63) is 58.8 Å². The van der Waals surface area contributed by atoms with Gasteiger partial charge >= 0.3 is 0 Å². The number of anilines is 1. The van der Waals surface area contributed by atoms with E-state index in [2.05, 4.69) is 0 Å². The number of nitrogen functional groups attached to an aromatic ring is 1. The van der Waals surface area contributed by atoms with Gasteiger partial charge in [0, 0.05) is 6.20 Å². The number of aromatic nitrogens is 1. The van der Waals surface area contributed by atoms with E-state index in [-0.39, 0.29) is 11.4 Å². The average molecular weight is 204 g/mol. The molecule has 0 fully saturated rings. The van der Waals surface area contributed by atoms with Crippen molar-refractivity contribution in [2.24, 2.45) is 0 Å². The normalized spacial score (nSPS) is 10.2. The first-order valence-electron chi connectivity index (χ1n) is 4.42. The Morgan fingerprint density at radius 3 is 2.60 bits per heavy atom. The molecule has 0 saturated carbocycles. The molecule has 0 aliphatic heterocycles. The van der Waals surface area contributed by atoms with Crippen molar-refractivity contribution < 1.29 is 4.39 Å². The molecule has 0 bridgehead atoms. The molecule has 4 heteroatoms. The molecule has 0 aliphatic rings. The standard InChI is InChI=1S/C11H9FN2O/c12-8-4-1-2-6-10(8)14-7-3-5-9(13)11(14)15/h1-7H,13H2. The van der Waals surface area contributed by atoms with Crippen molar-refractivity contribution in [2.75, 3.05) is 5.73 Å². The molecule has 2 N–H and O–H groups in total. The molecule has 1 aromatic carbocycles. The van der Waals surface area contributed by atoms with Crippen LogP contribution in [0.1, 0.15) is 0 Å². The van der Waals surface area contributed by atoms with Gasteiger partial charge in [0.1, 0.15) is 5.82 Å². The number of hydrogen-bond donors (Lipinski definition) is 1. The Labute approximate surface area is 85.6 Å². The largest absolute Gasteiger partial charge is 0.394 e. The Morgan fingerprint density at radius 1 is 1.13 bits per heavy atom. The lowest BCUT2D eigenvalue weighted by Gasteiger charge is -2.06. The zero-order valence-corrected chi connectivity index (χ0v) is 7.85. The number of hydrogen-bond acceptors (Lipinski definition) is 2. The summed E-state index contributed by atoms with van der Waals surface area (Å²) < 4.78 is 14.6. The Bertz CT molecular complexity index is 548. The molecule has 1 aromatic heterocycles. The molecular formula is C11H9FN2O. The molecule has 3 nitrogen and oxygen atoms in total. The minimum absolute atomic E-state index is 0.0979. The number of rotatable bonds is 1. The van der Waals surface area contributed by atoms with E-state index in [0.29, 0.717) is 0 Å². The maximum atomic E-state index is 13.4. The number of halogens is 1. The summed E-state index contributed by atoms with van der Waals surface area (Å²) >= 11 is 0. The highest BCUT2D eigenvalue weighted by Crippen LogP contribution is 2.10. The Morgan fingerprint density at radius 2 is 1.87 bits per heavy atom.